The molecule has 5 rings (SSSR count). The van der Waals surface area contributed by atoms with Crippen molar-refractivity contribution >= 4 is 17.3 Å². The number of nitrogens with zero attached hydrogens (tertiary/aromatic N) is 4. The Hall–Kier alpha value is -2.44. The number of benzene rings is 2. The van der Waals surface area contributed by atoms with Crippen molar-refractivity contribution in [1.29, 1.82) is 0 Å². The van der Waals surface area contributed by atoms with Gasteiger partial charge in [-0.05, 0) is 67.8 Å². The van der Waals surface area contributed by atoms with Gasteiger partial charge in [0.25, 0.3) is 0 Å². The lowest BCUT2D eigenvalue weighted by atomic mass is 10.1. The zero-order valence-corrected chi connectivity index (χ0v) is 18.0. The maximum absolute atomic E-state index is 14.1. The Morgan fingerprint density at radius 2 is 1.61 bits per heavy atom. The van der Waals surface area contributed by atoms with Gasteiger partial charge in [0, 0.05) is 54.7 Å². The van der Waals surface area contributed by atoms with Gasteiger partial charge < -0.3 is 4.90 Å². The third-order valence-corrected chi connectivity index (χ3v) is 6.84. The number of aromatic nitrogens is 2. The van der Waals surface area contributed by atoms with Gasteiger partial charge >= 0.3 is 0 Å². The molecule has 4 nitrogen and oxygen atoms in total. The molecule has 0 unspecified atom stereocenters. The molecule has 0 amide bonds. The molecule has 2 heterocycles. The van der Waals surface area contributed by atoms with Gasteiger partial charge in [-0.2, -0.15) is 5.10 Å². The van der Waals surface area contributed by atoms with Gasteiger partial charge in [-0.15, -0.1) is 0 Å². The first-order chi connectivity index (χ1) is 15.1. The van der Waals surface area contributed by atoms with E-state index in [1.807, 2.05) is 23.0 Å². The highest BCUT2D eigenvalue weighted by molar-refractivity contribution is 6.30. The molecule has 2 fully saturated rings. The maximum atomic E-state index is 14.1. The molecule has 31 heavy (non-hydrogen) atoms. The first kappa shape index (κ1) is 20.5. The Bertz CT molecular complexity index is 1040. The van der Waals surface area contributed by atoms with Crippen LogP contribution in [0.1, 0.15) is 25.3 Å². The average Bonchev–Trinajstić information content (AvgIpc) is 3.46. The van der Waals surface area contributed by atoms with Crippen LogP contribution in [-0.4, -0.2) is 46.9 Å². The molecule has 0 spiro atoms. The molecule has 1 aromatic heterocycles. The summed E-state index contributed by atoms with van der Waals surface area (Å²) in [5, 5.41) is 5.34. The normalized spacial score (nSPS) is 22.2. The first-order valence-corrected chi connectivity index (χ1v) is 11.2. The van der Waals surface area contributed by atoms with E-state index in [0.29, 0.717) is 17.8 Å². The topological polar surface area (TPSA) is 24.3 Å². The monoisotopic (exact) mass is 442 g/mol. The molecule has 2 aliphatic rings. The third kappa shape index (κ3) is 4.32. The number of hydrogen-bond acceptors (Lipinski definition) is 3. The minimum Gasteiger partial charge on any atom is -0.369 e. The van der Waals surface area contributed by atoms with Crippen LogP contribution in [0.2, 0.25) is 5.02 Å². The highest BCUT2D eigenvalue weighted by Gasteiger charge is 2.32. The van der Waals surface area contributed by atoms with Gasteiger partial charge in [0.05, 0.1) is 11.7 Å². The number of halogens is 3. The summed E-state index contributed by atoms with van der Waals surface area (Å²) in [7, 11) is 0. The van der Waals surface area contributed by atoms with Crippen LogP contribution in [0.3, 0.4) is 0 Å². The largest absolute Gasteiger partial charge is 0.369 e. The van der Waals surface area contributed by atoms with Crippen molar-refractivity contribution in [3.05, 3.63) is 71.4 Å². The van der Waals surface area contributed by atoms with Crippen molar-refractivity contribution in [2.24, 2.45) is 0 Å². The summed E-state index contributed by atoms with van der Waals surface area (Å²) in [4.78, 5) is 5.00. The van der Waals surface area contributed by atoms with Crippen LogP contribution in [0.15, 0.2) is 54.7 Å². The summed E-state index contributed by atoms with van der Waals surface area (Å²) in [6.45, 7) is 4.10. The molecule has 1 saturated carbocycles. The second-order valence-corrected chi connectivity index (χ2v) is 8.86. The molecule has 0 N–H and O–H groups in total. The van der Waals surface area contributed by atoms with E-state index in [4.69, 9.17) is 11.6 Å². The van der Waals surface area contributed by atoms with Crippen molar-refractivity contribution in [3.63, 3.8) is 0 Å². The molecule has 7 heteroatoms. The predicted octanol–water partition coefficient (Wildman–Crippen LogP) is 5.40. The second-order valence-electron chi connectivity index (χ2n) is 8.43. The van der Waals surface area contributed by atoms with Gasteiger partial charge in [0.15, 0.2) is 0 Å². The fourth-order valence-electron chi connectivity index (χ4n) is 4.88. The minimum atomic E-state index is -0.454. The van der Waals surface area contributed by atoms with E-state index in [1.54, 1.807) is 6.07 Å². The zero-order chi connectivity index (χ0) is 21.4. The van der Waals surface area contributed by atoms with E-state index in [2.05, 4.69) is 27.0 Å². The molecule has 0 radical (unpaired) electrons. The van der Waals surface area contributed by atoms with Crippen molar-refractivity contribution in [2.75, 3.05) is 31.1 Å². The molecule has 0 bridgehead atoms. The summed E-state index contributed by atoms with van der Waals surface area (Å²) in [5.74, 6) is -0.904. The Kier molecular flexibility index (Phi) is 5.67. The van der Waals surface area contributed by atoms with E-state index in [0.717, 1.165) is 62.6 Å². The fraction of sp³-hybridized carbons (Fsp3) is 0.375. The number of piperazine rings is 1. The molecule has 162 valence electrons. The Labute approximate surface area is 186 Å². The van der Waals surface area contributed by atoms with Crippen molar-refractivity contribution in [3.8, 4) is 11.3 Å². The Morgan fingerprint density at radius 3 is 2.39 bits per heavy atom. The van der Waals surface area contributed by atoms with E-state index in [9.17, 15) is 8.78 Å². The third-order valence-electron chi connectivity index (χ3n) is 6.59. The maximum Gasteiger partial charge on any atom is 0.132 e. The molecular weight excluding hydrogens is 418 g/mol. The Morgan fingerprint density at radius 1 is 0.871 bits per heavy atom. The van der Waals surface area contributed by atoms with Crippen molar-refractivity contribution in [1.82, 2.24) is 14.7 Å². The van der Waals surface area contributed by atoms with Crippen LogP contribution in [-0.2, 0) is 0 Å². The van der Waals surface area contributed by atoms with Crippen LogP contribution in [0.5, 0.6) is 0 Å². The minimum absolute atomic E-state index is 0.214. The molecule has 1 aliphatic heterocycles. The van der Waals surface area contributed by atoms with Crippen molar-refractivity contribution in [2.45, 2.75) is 31.3 Å². The highest BCUT2D eigenvalue weighted by atomic mass is 35.5. The quantitative estimate of drug-likeness (QED) is 0.541. The highest BCUT2D eigenvalue weighted by Crippen LogP contribution is 2.34. The van der Waals surface area contributed by atoms with E-state index in [-0.39, 0.29) is 5.56 Å². The summed E-state index contributed by atoms with van der Waals surface area (Å²) in [6.07, 6.45) is 5.11. The number of anilines is 1. The average molecular weight is 443 g/mol. The standard InChI is InChI=1S/C24H25ClF2N4/c25-17-1-4-19(5-2-17)29-11-13-30(14-12-29)20-6-7-21(16-20)31-10-9-24(28-31)22-15-18(26)3-8-23(22)27/h1-5,8-10,15,20-21H,6-7,11-14,16H2/t20-,21+/m0/s1. The van der Waals surface area contributed by atoms with Gasteiger partial charge in [-0.1, -0.05) is 11.6 Å². The summed E-state index contributed by atoms with van der Waals surface area (Å²) >= 11 is 6.01. The van der Waals surface area contributed by atoms with Gasteiger partial charge in [-0.25, -0.2) is 8.78 Å². The molecule has 2 atom stereocenters. The van der Waals surface area contributed by atoms with E-state index < -0.39 is 11.6 Å². The summed E-state index contributed by atoms with van der Waals surface area (Å²) in [6, 6.07) is 14.2. The van der Waals surface area contributed by atoms with Crippen LogP contribution < -0.4 is 4.90 Å². The number of hydrogen-bond donors (Lipinski definition) is 0. The second kappa shape index (κ2) is 8.60. The van der Waals surface area contributed by atoms with Crippen LogP contribution in [0, 0.1) is 11.6 Å². The summed E-state index contributed by atoms with van der Waals surface area (Å²) in [5.41, 5.74) is 1.92. The molecule has 1 saturated heterocycles. The smallest absolute Gasteiger partial charge is 0.132 e. The van der Waals surface area contributed by atoms with Gasteiger partial charge in [0.1, 0.15) is 11.6 Å². The fourth-order valence-corrected chi connectivity index (χ4v) is 5.01. The van der Waals surface area contributed by atoms with Crippen LogP contribution in [0.25, 0.3) is 11.3 Å². The Balaban J connectivity index is 1.20. The molecular formula is C24H25ClF2N4. The lowest BCUT2D eigenvalue weighted by molar-refractivity contribution is 0.183. The van der Waals surface area contributed by atoms with Crippen molar-refractivity contribution < 1.29 is 8.78 Å². The zero-order valence-electron chi connectivity index (χ0n) is 17.2. The number of rotatable bonds is 4. The molecule has 3 aromatic rings. The lowest BCUT2D eigenvalue weighted by Crippen LogP contribution is -2.49. The van der Waals surface area contributed by atoms with E-state index >= 15 is 0 Å². The summed E-state index contributed by atoms with van der Waals surface area (Å²) < 4.78 is 29.6. The van der Waals surface area contributed by atoms with Gasteiger partial charge in [0.2, 0.25) is 0 Å². The van der Waals surface area contributed by atoms with Gasteiger partial charge in [-0.3, -0.25) is 9.58 Å². The lowest BCUT2D eigenvalue weighted by Gasteiger charge is -2.39. The van der Waals surface area contributed by atoms with Crippen LogP contribution >= 0.6 is 11.6 Å². The molecule has 1 aliphatic carbocycles. The van der Waals surface area contributed by atoms with E-state index in [1.165, 1.54) is 11.8 Å². The van der Waals surface area contributed by atoms with Crippen LogP contribution in [0.4, 0.5) is 14.5 Å². The SMILES string of the molecule is Fc1ccc(F)c(-c2ccn([C@@H]3CC[C@H](N4CCN(c5ccc(Cl)cc5)CC4)C3)n2)c1. The molecule has 2 aromatic carbocycles. The predicted molar refractivity (Wildman–Crippen MR) is 119 cm³/mol. The first-order valence-electron chi connectivity index (χ1n) is 10.8.